The van der Waals surface area contributed by atoms with Crippen LogP contribution in [0.1, 0.15) is 67.8 Å². The predicted molar refractivity (Wildman–Crippen MR) is 112 cm³/mol. The average molecular weight is 400 g/mol. The van der Waals surface area contributed by atoms with E-state index < -0.39 is 5.82 Å². The van der Waals surface area contributed by atoms with Gasteiger partial charge in [-0.2, -0.15) is 5.10 Å². The van der Waals surface area contributed by atoms with Crippen LogP contribution in [0.4, 0.5) is 4.39 Å². The zero-order valence-corrected chi connectivity index (χ0v) is 17.8. The molecule has 0 radical (unpaired) electrons. The molecule has 0 aliphatic carbocycles. The number of H-pyrrole nitrogens is 1. The van der Waals surface area contributed by atoms with Gasteiger partial charge in [-0.1, -0.05) is 20.8 Å². The van der Waals surface area contributed by atoms with E-state index in [1.54, 1.807) is 6.20 Å². The number of carbonyl (C=O) groups is 2. The number of rotatable bonds is 3. The van der Waals surface area contributed by atoms with Crippen molar-refractivity contribution >= 4 is 17.4 Å². The van der Waals surface area contributed by atoms with Gasteiger partial charge in [-0.3, -0.25) is 14.7 Å². The molecular weight excluding hydrogens is 371 g/mol. The van der Waals surface area contributed by atoms with Crippen LogP contribution in [-0.4, -0.2) is 39.5 Å². The van der Waals surface area contributed by atoms with Gasteiger partial charge >= 0.3 is 0 Å². The molecule has 0 saturated carbocycles. The van der Waals surface area contributed by atoms with Crippen molar-refractivity contribution in [2.45, 2.75) is 53.5 Å². The van der Waals surface area contributed by atoms with Gasteiger partial charge in [0.25, 0.3) is 11.8 Å². The average Bonchev–Trinajstić information content (AvgIpc) is 2.99. The highest BCUT2D eigenvalue weighted by molar-refractivity contribution is 6.20. The second kappa shape index (κ2) is 9.49. The molecule has 0 spiro atoms. The van der Waals surface area contributed by atoms with Crippen LogP contribution in [0.2, 0.25) is 0 Å². The summed E-state index contributed by atoms with van der Waals surface area (Å²) in [5, 5.41) is 10.2. The van der Waals surface area contributed by atoms with Gasteiger partial charge < -0.3 is 10.2 Å². The Kier molecular flexibility index (Phi) is 7.31. The Morgan fingerprint density at radius 1 is 1.24 bits per heavy atom. The molecule has 156 valence electrons. The highest BCUT2D eigenvalue weighted by Crippen LogP contribution is 2.32. The highest BCUT2D eigenvalue weighted by Gasteiger charge is 2.31. The number of aromatic nitrogens is 2. The maximum atomic E-state index is 13.2. The molecule has 1 aromatic carbocycles. The molecular formula is C22H29FN4O2. The minimum absolute atomic E-state index is 0.0454. The summed E-state index contributed by atoms with van der Waals surface area (Å²) in [6, 6.07) is 5.34. The summed E-state index contributed by atoms with van der Waals surface area (Å²) in [6.07, 6.45) is 1.58. The second-order valence-electron chi connectivity index (χ2n) is 7.15. The van der Waals surface area contributed by atoms with Crippen molar-refractivity contribution in [2.75, 3.05) is 6.54 Å². The SMILES string of the molecule is CC.Cc1[nH]nc2c1C(C(=O)NC(C)C)=CN(C(=O)c1ccc(F)cc1)CC2C. The molecule has 2 aromatic rings. The van der Waals surface area contributed by atoms with Crippen LogP contribution in [0.5, 0.6) is 0 Å². The van der Waals surface area contributed by atoms with E-state index in [1.165, 1.54) is 29.2 Å². The molecule has 2 heterocycles. The number of halogens is 1. The van der Waals surface area contributed by atoms with Gasteiger partial charge in [0, 0.05) is 41.5 Å². The van der Waals surface area contributed by atoms with Gasteiger partial charge in [0.05, 0.1) is 11.3 Å². The lowest BCUT2D eigenvalue weighted by molar-refractivity contribution is -0.116. The van der Waals surface area contributed by atoms with Gasteiger partial charge in [-0.25, -0.2) is 4.39 Å². The van der Waals surface area contributed by atoms with E-state index in [2.05, 4.69) is 15.5 Å². The monoisotopic (exact) mass is 400 g/mol. The summed E-state index contributed by atoms with van der Waals surface area (Å²) >= 11 is 0. The van der Waals surface area contributed by atoms with Crippen LogP contribution >= 0.6 is 0 Å². The number of hydrogen-bond donors (Lipinski definition) is 2. The molecule has 1 aliphatic rings. The molecule has 1 aromatic heterocycles. The van der Waals surface area contributed by atoms with Gasteiger partial charge in [0.1, 0.15) is 5.82 Å². The number of fused-ring (bicyclic) bond motifs is 1. The Labute approximate surface area is 171 Å². The summed E-state index contributed by atoms with van der Waals surface area (Å²) < 4.78 is 13.2. The predicted octanol–water partition coefficient (Wildman–Crippen LogP) is 4.01. The fourth-order valence-electron chi connectivity index (χ4n) is 3.21. The summed E-state index contributed by atoms with van der Waals surface area (Å²) in [7, 11) is 0. The maximum Gasteiger partial charge on any atom is 0.257 e. The number of benzene rings is 1. The van der Waals surface area contributed by atoms with Gasteiger partial charge in [0.2, 0.25) is 0 Å². The fraction of sp³-hybridized carbons (Fsp3) is 0.409. The van der Waals surface area contributed by atoms with Crippen molar-refractivity contribution in [3.8, 4) is 0 Å². The molecule has 6 nitrogen and oxygen atoms in total. The van der Waals surface area contributed by atoms with Crippen LogP contribution < -0.4 is 5.32 Å². The van der Waals surface area contributed by atoms with Crippen molar-refractivity contribution in [3.63, 3.8) is 0 Å². The Morgan fingerprint density at radius 3 is 2.45 bits per heavy atom. The summed E-state index contributed by atoms with van der Waals surface area (Å²) in [5.41, 5.74) is 3.02. The molecule has 7 heteroatoms. The molecule has 0 bridgehead atoms. The number of carbonyl (C=O) groups excluding carboxylic acids is 2. The molecule has 0 fully saturated rings. The molecule has 1 atom stereocenters. The van der Waals surface area contributed by atoms with E-state index in [-0.39, 0.29) is 23.8 Å². The Morgan fingerprint density at radius 2 is 1.86 bits per heavy atom. The minimum Gasteiger partial charge on any atom is -0.350 e. The van der Waals surface area contributed by atoms with Crippen LogP contribution in [0.25, 0.3) is 5.57 Å². The summed E-state index contributed by atoms with van der Waals surface area (Å²) in [4.78, 5) is 27.3. The standard InChI is InChI=1S/C20H23FN4O2.C2H6/c1-11(2)22-19(26)16-10-25(20(27)14-5-7-15(21)8-6-14)9-12(3)18-17(16)13(4)23-24-18;1-2/h5-8,10-12H,9H2,1-4H3,(H,22,26)(H,23,24);1-2H3. The third-order valence-electron chi connectivity index (χ3n) is 4.48. The van der Waals surface area contributed by atoms with Crippen LogP contribution in [0, 0.1) is 12.7 Å². The van der Waals surface area contributed by atoms with Crippen molar-refractivity contribution in [3.05, 3.63) is 58.8 Å². The van der Waals surface area contributed by atoms with E-state index in [9.17, 15) is 14.0 Å². The Balaban J connectivity index is 0.00000145. The molecule has 0 saturated heterocycles. The zero-order chi connectivity index (χ0) is 21.7. The number of amides is 2. The number of nitrogens with zero attached hydrogens (tertiary/aromatic N) is 2. The van der Waals surface area contributed by atoms with E-state index >= 15 is 0 Å². The lowest BCUT2D eigenvalue weighted by Crippen LogP contribution is -2.33. The second-order valence-corrected chi connectivity index (χ2v) is 7.15. The first-order valence-corrected chi connectivity index (χ1v) is 9.92. The Bertz CT molecular complexity index is 900. The minimum atomic E-state index is -0.404. The zero-order valence-electron chi connectivity index (χ0n) is 17.8. The first-order valence-electron chi connectivity index (χ1n) is 9.92. The van der Waals surface area contributed by atoms with Gasteiger partial charge in [-0.15, -0.1) is 0 Å². The van der Waals surface area contributed by atoms with Crippen LogP contribution in [-0.2, 0) is 4.79 Å². The fourth-order valence-corrected chi connectivity index (χ4v) is 3.21. The lowest BCUT2D eigenvalue weighted by Gasteiger charge is -2.20. The van der Waals surface area contributed by atoms with E-state index in [0.29, 0.717) is 17.7 Å². The Hall–Kier alpha value is -2.96. The molecule has 2 N–H and O–H groups in total. The number of aromatic amines is 1. The first-order chi connectivity index (χ1) is 13.8. The van der Waals surface area contributed by atoms with E-state index in [0.717, 1.165) is 17.0 Å². The van der Waals surface area contributed by atoms with Crippen molar-refractivity contribution in [1.29, 1.82) is 0 Å². The largest absolute Gasteiger partial charge is 0.350 e. The topological polar surface area (TPSA) is 78.1 Å². The van der Waals surface area contributed by atoms with Crippen LogP contribution in [0.3, 0.4) is 0 Å². The van der Waals surface area contributed by atoms with Gasteiger partial charge in [0.15, 0.2) is 0 Å². The van der Waals surface area contributed by atoms with Gasteiger partial charge in [-0.05, 0) is 45.0 Å². The maximum absolute atomic E-state index is 13.2. The molecule has 3 rings (SSSR count). The highest BCUT2D eigenvalue weighted by atomic mass is 19.1. The van der Waals surface area contributed by atoms with E-state index in [1.807, 2.05) is 41.5 Å². The molecule has 1 aliphatic heterocycles. The van der Waals surface area contributed by atoms with E-state index in [4.69, 9.17) is 0 Å². The summed E-state index contributed by atoms with van der Waals surface area (Å²) in [5.74, 6) is -1.03. The van der Waals surface area contributed by atoms with Crippen LogP contribution in [0.15, 0.2) is 30.5 Å². The summed E-state index contributed by atoms with van der Waals surface area (Å²) in [6.45, 7) is 11.9. The number of aryl methyl sites for hydroxylation is 1. The third-order valence-corrected chi connectivity index (χ3v) is 4.48. The van der Waals surface area contributed by atoms with Crippen molar-refractivity contribution < 1.29 is 14.0 Å². The quantitative estimate of drug-likeness (QED) is 0.817. The molecule has 1 unspecified atom stereocenters. The smallest absolute Gasteiger partial charge is 0.257 e. The van der Waals surface area contributed by atoms with Crippen molar-refractivity contribution in [1.82, 2.24) is 20.4 Å². The normalized spacial score (nSPS) is 15.7. The molecule has 29 heavy (non-hydrogen) atoms. The molecule has 2 amide bonds. The number of nitrogens with one attached hydrogen (secondary N) is 2. The first kappa shape index (κ1) is 22.3. The lowest BCUT2D eigenvalue weighted by atomic mass is 9.98. The number of hydrogen-bond acceptors (Lipinski definition) is 3. The van der Waals surface area contributed by atoms with Crippen molar-refractivity contribution in [2.24, 2.45) is 0 Å². The third kappa shape index (κ3) is 4.91.